The Kier molecular flexibility index (Phi) is 3.19. The normalized spacial score (nSPS) is 12.7. The molecule has 90 valence electrons. The maximum Gasteiger partial charge on any atom is 0.129 e. The number of alkyl halides is 1. The van der Waals surface area contributed by atoms with E-state index < -0.39 is 6.17 Å². The molecule has 17 heavy (non-hydrogen) atoms. The molecule has 0 saturated carbocycles. The molecule has 5 heteroatoms. The van der Waals surface area contributed by atoms with E-state index in [-0.39, 0.29) is 0 Å². The van der Waals surface area contributed by atoms with Gasteiger partial charge in [-0.1, -0.05) is 28.1 Å². The number of hydrogen-bond acceptors (Lipinski definition) is 2. The SMILES string of the molecule is CC(F)c1ccc(-c2cnn(C)c2N)cc1Br. The third-order valence-corrected chi connectivity index (χ3v) is 3.41. The average molecular weight is 298 g/mol. The summed E-state index contributed by atoms with van der Waals surface area (Å²) < 4.78 is 15.6. The number of nitrogens with zero attached hydrogens (tertiary/aromatic N) is 2. The zero-order valence-electron chi connectivity index (χ0n) is 9.61. The number of anilines is 1. The van der Waals surface area contributed by atoms with Crippen molar-refractivity contribution in [3.8, 4) is 11.1 Å². The molecule has 1 heterocycles. The van der Waals surface area contributed by atoms with Gasteiger partial charge < -0.3 is 5.73 Å². The van der Waals surface area contributed by atoms with Crippen molar-refractivity contribution in [1.82, 2.24) is 9.78 Å². The fourth-order valence-corrected chi connectivity index (χ4v) is 2.38. The smallest absolute Gasteiger partial charge is 0.129 e. The molecule has 2 aromatic rings. The Morgan fingerprint density at radius 3 is 2.65 bits per heavy atom. The van der Waals surface area contributed by atoms with Crippen LogP contribution in [0.25, 0.3) is 11.1 Å². The standard InChI is InChI=1S/C12H13BrFN3/c1-7(14)9-4-3-8(5-11(9)13)10-6-16-17(2)12(10)15/h3-7H,15H2,1-2H3. The Morgan fingerprint density at radius 2 is 2.18 bits per heavy atom. The largest absolute Gasteiger partial charge is 0.383 e. The van der Waals surface area contributed by atoms with Gasteiger partial charge in [-0.05, 0) is 24.1 Å². The molecule has 1 aromatic heterocycles. The van der Waals surface area contributed by atoms with Crippen LogP contribution in [0.15, 0.2) is 28.9 Å². The molecule has 1 atom stereocenters. The number of rotatable bonds is 2. The van der Waals surface area contributed by atoms with Crippen LogP contribution in [-0.2, 0) is 7.05 Å². The Morgan fingerprint density at radius 1 is 1.47 bits per heavy atom. The van der Waals surface area contributed by atoms with Gasteiger partial charge in [-0.2, -0.15) is 5.10 Å². The zero-order valence-corrected chi connectivity index (χ0v) is 11.2. The summed E-state index contributed by atoms with van der Waals surface area (Å²) >= 11 is 3.37. The summed E-state index contributed by atoms with van der Waals surface area (Å²) in [6, 6.07) is 5.47. The Balaban J connectivity index is 2.48. The predicted molar refractivity (Wildman–Crippen MR) is 70.3 cm³/mol. The lowest BCUT2D eigenvalue weighted by Gasteiger charge is -2.08. The van der Waals surface area contributed by atoms with Crippen LogP contribution in [0.5, 0.6) is 0 Å². The van der Waals surface area contributed by atoms with Gasteiger partial charge in [-0.3, -0.25) is 4.68 Å². The van der Waals surface area contributed by atoms with Crippen LogP contribution in [0.4, 0.5) is 10.2 Å². The Hall–Kier alpha value is -1.36. The Bertz CT molecular complexity index is 549. The second-order valence-corrected chi connectivity index (χ2v) is 4.77. The highest BCUT2D eigenvalue weighted by Gasteiger charge is 2.12. The molecule has 0 aliphatic rings. The summed E-state index contributed by atoms with van der Waals surface area (Å²) in [5, 5.41) is 4.08. The average Bonchev–Trinajstić information content (AvgIpc) is 2.59. The monoisotopic (exact) mass is 297 g/mol. The van der Waals surface area contributed by atoms with Crippen LogP contribution in [0.1, 0.15) is 18.7 Å². The van der Waals surface area contributed by atoms with Crippen molar-refractivity contribution in [3.63, 3.8) is 0 Å². The molecule has 1 unspecified atom stereocenters. The van der Waals surface area contributed by atoms with E-state index in [0.29, 0.717) is 11.4 Å². The summed E-state index contributed by atoms with van der Waals surface area (Å²) in [5.74, 6) is 0.595. The summed E-state index contributed by atoms with van der Waals surface area (Å²) in [7, 11) is 1.78. The first-order valence-corrected chi connectivity index (χ1v) is 6.01. The summed E-state index contributed by atoms with van der Waals surface area (Å²) in [4.78, 5) is 0. The van der Waals surface area contributed by atoms with Crippen molar-refractivity contribution >= 4 is 21.7 Å². The van der Waals surface area contributed by atoms with Crippen LogP contribution in [0, 0.1) is 0 Å². The second kappa shape index (κ2) is 4.49. The van der Waals surface area contributed by atoms with Gasteiger partial charge >= 0.3 is 0 Å². The fraction of sp³-hybridized carbons (Fsp3) is 0.250. The molecule has 0 saturated heterocycles. The lowest BCUT2D eigenvalue weighted by atomic mass is 10.0. The van der Waals surface area contributed by atoms with Crippen molar-refractivity contribution < 1.29 is 4.39 Å². The predicted octanol–water partition coefficient (Wildman–Crippen LogP) is 3.46. The molecule has 0 aliphatic heterocycles. The Labute approximate surface area is 108 Å². The van der Waals surface area contributed by atoms with E-state index in [0.717, 1.165) is 15.6 Å². The highest BCUT2D eigenvalue weighted by Crippen LogP contribution is 2.32. The second-order valence-electron chi connectivity index (χ2n) is 3.92. The van der Waals surface area contributed by atoms with Gasteiger partial charge in [0.25, 0.3) is 0 Å². The van der Waals surface area contributed by atoms with Crippen LogP contribution >= 0.6 is 15.9 Å². The first-order valence-electron chi connectivity index (χ1n) is 5.22. The molecular weight excluding hydrogens is 285 g/mol. The number of aromatic nitrogens is 2. The molecule has 3 nitrogen and oxygen atoms in total. The molecular formula is C12H13BrFN3. The fourth-order valence-electron chi connectivity index (χ4n) is 1.69. The van der Waals surface area contributed by atoms with Gasteiger partial charge in [-0.25, -0.2) is 4.39 Å². The highest BCUT2D eigenvalue weighted by molar-refractivity contribution is 9.10. The van der Waals surface area contributed by atoms with Gasteiger partial charge in [0.15, 0.2) is 0 Å². The van der Waals surface area contributed by atoms with Gasteiger partial charge in [0.1, 0.15) is 12.0 Å². The third-order valence-electron chi connectivity index (χ3n) is 2.72. The number of benzene rings is 1. The van der Waals surface area contributed by atoms with E-state index >= 15 is 0 Å². The first kappa shape index (κ1) is 12.1. The number of nitrogen functional groups attached to an aromatic ring is 1. The minimum absolute atomic E-state index is 0.595. The van der Waals surface area contributed by atoms with Crippen molar-refractivity contribution in [2.75, 3.05) is 5.73 Å². The quantitative estimate of drug-likeness (QED) is 0.922. The molecule has 0 amide bonds. The van der Waals surface area contributed by atoms with Gasteiger partial charge in [-0.15, -0.1) is 0 Å². The molecule has 0 aliphatic carbocycles. The van der Waals surface area contributed by atoms with Gasteiger partial charge in [0.05, 0.1) is 6.20 Å². The van der Waals surface area contributed by atoms with Crippen LogP contribution in [-0.4, -0.2) is 9.78 Å². The number of hydrogen-bond donors (Lipinski definition) is 1. The van der Waals surface area contributed by atoms with Crippen LogP contribution in [0.2, 0.25) is 0 Å². The topological polar surface area (TPSA) is 43.8 Å². The minimum Gasteiger partial charge on any atom is -0.383 e. The van der Waals surface area contributed by atoms with Gasteiger partial charge in [0, 0.05) is 17.1 Å². The zero-order chi connectivity index (χ0) is 12.6. The van der Waals surface area contributed by atoms with Crippen LogP contribution < -0.4 is 5.73 Å². The molecule has 0 spiro atoms. The minimum atomic E-state index is -0.996. The molecule has 1 aromatic carbocycles. The molecule has 2 N–H and O–H groups in total. The molecule has 0 fully saturated rings. The molecule has 2 rings (SSSR count). The van der Waals surface area contributed by atoms with Gasteiger partial charge in [0.2, 0.25) is 0 Å². The van der Waals surface area contributed by atoms with Crippen molar-refractivity contribution in [3.05, 3.63) is 34.4 Å². The number of nitrogens with two attached hydrogens (primary N) is 1. The van der Waals surface area contributed by atoms with Crippen molar-refractivity contribution in [2.24, 2.45) is 7.05 Å². The van der Waals surface area contributed by atoms with E-state index in [1.807, 2.05) is 12.1 Å². The van der Waals surface area contributed by atoms with Crippen molar-refractivity contribution in [1.29, 1.82) is 0 Å². The van der Waals surface area contributed by atoms with E-state index in [1.165, 1.54) is 6.92 Å². The van der Waals surface area contributed by atoms with Crippen LogP contribution in [0.3, 0.4) is 0 Å². The van der Waals surface area contributed by atoms with Crippen molar-refractivity contribution in [2.45, 2.75) is 13.1 Å². The highest BCUT2D eigenvalue weighted by atomic mass is 79.9. The lowest BCUT2D eigenvalue weighted by molar-refractivity contribution is 0.373. The number of halogens is 2. The first-order chi connectivity index (χ1) is 8.00. The summed E-state index contributed by atoms with van der Waals surface area (Å²) in [6.07, 6.45) is 0.708. The lowest BCUT2D eigenvalue weighted by Crippen LogP contribution is -1.98. The maximum atomic E-state index is 13.2. The maximum absolute atomic E-state index is 13.2. The van der Waals surface area contributed by atoms with E-state index in [1.54, 1.807) is 24.0 Å². The summed E-state index contributed by atoms with van der Waals surface area (Å²) in [6.45, 7) is 1.51. The van der Waals surface area contributed by atoms with E-state index in [9.17, 15) is 4.39 Å². The van der Waals surface area contributed by atoms with E-state index in [2.05, 4.69) is 21.0 Å². The number of aryl methyl sites for hydroxylation is 1. The molecule has 0 radical (unpaired) electrons. The third kappa shape index (κ3) is 2.20. The van der Waals surface area contributed by atoms with E-state index in [4.69, 9.17) is 5.73 Å². The molecule has 0 bridgehead atoms. The summed E-state index contributed by atoms with van der Waals surface area (Å²) in [5.41, 5.74) is 8.31.